The zero-order valence-corrected chi connectivity index (χ0v) is 17.9. The quantitative estimate of drug-likeness (QED) is 0.697. The number of aryl methyl sites for hydroxylation is 2. The molecule has 2 fully saturated rings. The van der Waals surface area contributed by atoms with Crippen molar-refractivity contribution in [2.45, 2.75) is 51.6 Å². The van der Waals surface area contributed by atoms with Gasteiger partial charge in [-0.05, 0) is 58.3 Å². The zero-order chi connectivity index (χ0) is 19.4. The highest BCUT2D eigenvalue weighted by molar-refractivity contribution is 7.88. The normalized spacial score (nSPS) is 23.2. The van der Waals surface area contributed by atoms with Gasteiger partial charge in [0.25, 0.3) is 0 Å². The van der Waals surface area contributed by atoms with E-state index >= 15 is 0 Å². The maximum Gasteiger partial charge on any atom is 0.211 e. The van der Waals surface area contributed by atoms with E-state index in [4.69, 9.17) is 0 Å². The topological polar surface area (TPSA) is 61.7 Å². The molecule has 0 N–H and O–H groups in total. The highest BCUT2D eigenvalue weighted by Crippen LogP contribution is 2.21. The van der Waals surface area contributed by atoms with Crippen molar-refractivity contribution in [1.29, 1.82) is 0 Å². The molecule has 0 aliphatic carbocycles. The molecule has 154 valence electrons. The first-order chi connectivity index (χ1) is 12.8. The second-order valence-electron chi connectivity index (χ2n) is 8.21. The lowest BCUT2D eigenvalue weighted by Crippen LogP contribution is -2.51. The average Bonchev–Trinajstić information content (AvgIpc) is 2.92. The second kappa shape index (κ2) is 9.03. The average molecular weight is 398 g/mol. The van der Waals surface area contributed by atoms with E-state index in [0.717, 1.165) is 57.8 Å². The highest BCUT2D eigenvalue weighted by atomic mass is 32.2. The number of nitrogens with zero attached hydrogens (tertiary/aromatic N) is 5. The van der Waals surface area contributed by atoms with Gasteiger partial charge in [-0.1, -0.05) is 6.42 Å². The molecule has 8 heteroatoms. The zero-order valence-electron chi connectivity index (χ0n) is 17.1. The van der Waals surface area contributed by atoms with E-state index in [-0.39, 0.29) is 6.04 Å². The molecule has 3 heterocycles. The Labute approximate surface area is 164 Å². The van der Waals surface area contributed by atoms with Gasteiger partial charge in [0.15, 0.2) is 0 Å². The molecule has 2 aliphatic rings. The fourth-order valence-electron chi connectivity index (χ4n) is 4.49. The van der Waals surface area contributed by atoms with Crippen LogP contribution in [0.1, 0.15) is 43.5 Å². The monoisotopic (exact) mass is 397 g/mol. The van der Waals surface area contributed by atoms with Crippen molar-refractivity contribution in [2.24, 2.45) is 7.05 Å². The van der Waals surface area contributed by atoms with Crippen molar-refractivity contribution in [3.63, 3.8) is 0 Å². The highest BCUT2D eigenvalue weighted by Gasteiger charge is 2.31. The van der Waals surface area contributed by atoms with Crippen LogP contribution in [0.3, 0.4) is 0 Å². The Bertz CT molecular complexity index is 712. The SMILES string of the molecule is Cc1cc(CN2CCCC(N(CCN3CCCCC3)S(C)(=O)=O)C2)n(C)n1. The van der Waals surface area contributed by atoms with E-state index < -0.39 is 10.0 Å². The van der Waals surface area contributed by atoms with Gasteiger partial charge < -0.3 is 4.90 Å². The standard InChI is InChI=1S/C19H35N5O2S/c1-17-14-19(21(2)20-17)16-23-11-7-8-18(15-23)24(27(3,25)26)13-12-22-9-5-4-6-10-22/h14,18H,4-13,15-16H2,1-3H3. The van der Waals surface area contributed by atoms with Gasteiger partial charge in [0.05, 0.1) is 17.6 Å². The van der Waals surface area contributed by atoms with Gasteiger partial charge in [0.2, 0.25) is 10.0 Å². The lowest BCUT2D eigenvalue weighted by molar-refractivity contribution is 0.128. The van der Waals surface area contributed by atoms with Crippen LogP contribution in [0.5, 0.6) is 0 Å². The molecule has 1 atom stereocenters. The second-order valence-corrected chi connectivity index (χ2v) is 10.1. The maximum absolute atomic E-state index is 12.5. The number of aromatic nitrogens is 2. The number of rotatable bonds is 7. The molecule has 2 aliphatic heterocycles. The van der Waals surface area contributed by atoms with Crippen molar-refractivity contribution in [3.05, 3.63) is 17.5 Å². The summed E-state index contributed by atoms with van der Waals surface area (Å²) in [7, 11) is -1.23. The van der Waals surface area contributed by atoms with Crippen LogP contribution in [0, 0.1) is 6.92 Å². The molecule has 0 amide bonds. The van der Waals surface area contributed by atoms with Crippen molar-refractivity contribution >= 4 is 10.0 Å². The third kappa shape index (κ3) is 5.76. The van der Waals surface area contributed by atoms with Crippen LogP contribution in [0.25, 0.3) is 0 Å². The number of hydrogen-bond donors (Lipinski definition) is 0. The van der Waals surface area contributed by atoms with Crippen LogP contribution in [0.2, 0.25) is 0 Å². The Morgan fingerprint density at radius 3 is 2.48 bits per heavy atom. The molecule has 1 aromatic rings. The van der Waals surface area contributed by atoms with E-state index in [1.54, 1.807) is 4.31 Å². The molecule has 27 heavy (non-hydrogen) atoms. The molecule has 2 saturated heterocycles. The van der Waals surface area contributed by atoms with E-state index in [9.17, 15) is 8.42 Å². The van der Waals surface area contributed by atoms with Crippen LogP contribution in [0.4, 0.5) is 0 Å². The van der Waals surface area contributed by atoms with E-state index in [2.05, 4.69) is 21.0 Å². The van der Waals surface area contributed by atoms with Gasteiger partial charge in [-0.3, -0.25) is 9.58 Å². The number of likely N-dealkylation sites (tertiary alicyclic amines) is 2. The van der Waals surface area contributed by atoms with Gasteiger partial charge in [-0.15, -0.1) is 0 Å². The van der Waals surface area contributed by atoms with Gasteiger partial charge in [-0.2, -0.15) is 9.40 Å². The summed E-state index contributed by atoms with van der Waals surface area (Å²) in [5, 5.41) is 4.43. The van der Waals surface area contributed by atoms with E-state index in [1.165, 1.54) is 31.2 Å². The Morgan fingerprint density at radius 1 is 1.15 bits per heavy atom. The third-order valence-corrected chi connectivity index (χ3v) is 7.22. The van der Waals surface area contributed by atoms with Crippen molar-refractivity contribution in [1.82, 2.24) is 23.9 Å². The number of hydrogen-bond acceptors (Lipinski definition) is 5. The summed E-state index contributed by atoms with van der Waals surface area (Å²) in [6.45, 7) is 8.34. The number of piperidine rings is 2. The lowest BCUT2D eigenvalue weighted by Gasteiger charge is -2.39. The molecular weight excluding hydrogens is 362 g/mol. The summed E-state index contributed by atoms with van der Waals surface area (Å²) in [6, 6.07) is 2.20. The Kier molecular flexibility index (Phi) is 6.94. The lowest BCUT2D eigenvalue weighted by atomic mass is 10.1. The van der Waals surface area contributed by atoms with Crippen molar-refractivity contribution in [2.75, 3.05) is 45.5 Å². The predicted octanol–water partition coefficient (Wildman–Crippen LogP) is 1.44. The van der Waals surface area contributed by atoms with E-state index in [1.807, 2.05) is 18.7 Å². The molecule has 0 saturated carbocycles. The largest absolute Gasteiger partial charge is 0.302 e. The van der Waals surface area contributed by atoms with Crippen LogP contribution < -0.4 is 0 Å². The summed E-state index contributed by atoms with van der Waals surface area (Å²) in [5.74, 6) is 0. The van der Waals surface area contributed by atoms with E-state index in [0.29, 0.717) is 6.54 Å². The molecule has 1 aromatic heterocycles. The third-order valence-electron chi connectivity index (χ3n) is 5.88. The summed E-state index contributed by atoms with van der Waals surface area (Å²) in [6.07, 6.45) is 7.13. The van der Waals surface area contributed by atoms with Crippen LogP contribution >= 0.6 is 0 Å². The minimum absolute atomic E-state index is 0.0767. The Balaban J connectivity index is 1.62. The molecule has 0 aromatic carbocycles. The summed E-state index contributed by atoms with van der Waals surface area (Å²) < 4.78 is 28.7. The van der Waals surface area contributed by atoms with Gasteiger partial charge in [0.1, 0.15) is 0 Å². The van der Waals surface area contributed by atoms with Crippen LogP contribution in [-0.2, 0) is 23.6 Å². The number of sulfonamides is 1. The fourth-order valence-corrected chi connectivity index (χ4v) is 5.62. The molecule has 3 rings (SSSR count). The summed E-state index contributed by atoms with van der Waals surface area (Å²) >= 11 is 0. The molecular formula is C19H35N5O2S. The minimum atomic E-state index is -3.20. The predicted molar refractivity (Wildman–Crippen MR) is 108 cm³/mol. The molecule has 7 nitrogen and oxygen atoms in total. The summed E-state index contributed by atoms with van der Waals surface area (Å²) in [5.41, 5.74) is 2.22. The smallest absolute Gasteiger partial charge is 0.211 e. The minimum Gasteiger partial charge on any atom is -0.302 e. The van der Waals surface area contributed by atoms with Crippen LogP contribution in [0.15, 0.2) is 6.07 Å². The first kappa shape index (κ1) is 20.8. The Hall–Kier alpha value is -0.960. The first-order valence-electron chi connectivity index (χ1n) is 10.2. The molecule has 0 spiro atoms. The molecule has 0 radical (unpaired) electrons. The molecule has 1 unspecified atom stereocenters. The fraction of sp³-hybridized carbons (Fsp3) is 0.842. The van der Waals surface area contributed by atoms with Crippen LogP contribution in [-0.4, -0.2) is 83.9 Å². The molecule has 0 bridgehead atoms. The van der Waals surface area contributed by atoms with Gasteiger partial charge >= 0.3 is 0 Å². The first-order valence-corrected chi connectivity index (χ1v) is 12.1. The Morgan fingerprint density at radius 2 is 1.85 bits per heavy atom. The maximum atomic E-state index is 12.5. The van der Waals surface area contributed by atoms with Gasteiger partial charge in [0, 0.05) is 39.3 Å². The van der Waals surface area contributed by atoms with Crippen molar-refractivity contribution < 1.29 is 8.42 Å². The van der Waals surface area contributed by atoms with Crippen molar-refractivity contribution in [3.8, 4) is 0 Å². The van der Waals surface area contributed by atoms with Gasteiger partial charge in [-0.25, -0.2) is 8.42 Å². The summed E-state index contributed by atoms with van der Waals surface area (Å²) in [4.78, 5) is 4.80.